The molecular weight excluding hydrogens is 335 g/mol. The molecule has 0 saturated heterocycles. The second kappa shape index (κ2) is 5.63. The van der Waals surface area contributed by atoms with E-state index in [4.69, 9.17) is 34.8 Å². The van der Waals surface area contributed by atoms with Crippen LogP contribution in [-0.2, 0) is 6.54 Å². The van der Waals surface area contributed by atoms with E-state index >= 15 is 0 Å². The minimum atomic E-state index is 0.342. The van der Waals surface area contributed by atoms with Crippen molar-refractivity contribution in [2.24, 2.45) is 0 Å². The molecule has 0 unspecified atom stereocenters. The van der Waals surface area contributed by atoms with E-state index in [-0.39, 0.29) is 0 Å². The van der Waals surface area contributed by atoms with Gasteiger partial charge in [-0.25, -0.2) is 4.68 Å². The van der Waals surface area contributed by atoms with E-state index in [2.05, 4.69) is 20.5 Å². The van der Waals surface area contributed by atoms with Gasteiger partial charge in [0.2, 0.25) is 5.82 Å². The summed E-state index contributed by atoms with van der Waals surface area (Å²) in [6, 6.07) is 5.24. The fourth-order valence-electron chi connectivity index (χ4n) is 1.79. The van der Waals surface area contributed by atoms with Crippen molar-refractivity contribution in [3.8, 4) is 17.1 Å². The summed E-state index contributed by atoms with van der Waals surface area (Å²) in [7, 11) is 0. The third kappa shape index (κ3) is 2.50. The minimum absolute atomic E-state index is 0.342. The first-order chi connectivity index (χ1) is 10.1. The van der Waals surface area contributed by atoms with Crippen LogP contribution in [0.25, 0.3) is 17.1 Å². The molecule has 0 aliphatic rings. The lowest BCUT2D eigenvalue weighted by Gasteiger charge is -2.06. The third-order valence-electron chi connectivity index (χ3n) is 2.85. The molecule has 2 aromatic heterocycles. The fraction of sp³-hybridized carbons (Fsp3) is 0.167. The smallest absolute Gasteiger partial charge is 0.209 e. The van der Waals surface area contributed by atoms with Crippen molar-refractivity contribution in [3.63, 3.8) is 0 Å². The van der Waals surface area contributed by atoms with Gasteiger partial charge in [0.15, 0.2) is 0 Å². The van der Waals surface area contributed by atoms with Gasteiger partial charge in [0, 0.05) is 0 Å². The maximum Gasteiger partial charge on any atom is 0.209 e. The number of nitrogens with zero attached hydrogens (tertiary/aromatic N) is 6. The zero-order valence-electron chi connectivity index (χ0n) is 10.8. The molecule has 0 aliphatic heterocycles. The zero-order chi connectivity index (χ0) is 15.0. The highest BCUT2D eigenvalue weighted by atomic mass is 35.5. The van der Waals surface area contributed by atoms with Crippen LogP contribution in [0.15, 0.2) is 24.4 Å². The molecule has 0 bridgehead atoms. The Hall–Kier alpha value is -1.63. The number of aryl methyl sites for hydroxylation is 1. The molecular formula is C12H9Cl3N6. The Morgan fingerprint density at radius 2 is 2.00 bits per heavy atom. The van der Waals surface area contributed by atoms with Gasteiger partial charge in [-0.2, -0.15) is 9.90 Å². The monoisotopic (exact) mass is 342 g/mol. The van der Waals surface area contributed by atoms with Crippen LogP contribution in [0.1, 0.15) is 6.92 Å². The largest absolute Gasteiger partial charge is 0.220 e. The summed E-state index contributed by atoms with van der Waals surface area (Å²) in [5.41, 5.74) is 1.16. The van der Waals surface area contributed by atoms with Crippen molar-refractivity contribution in [2.75, 3.05) is 0 Å². The highest BCUT2D eigenvalue weighted by molar-refractivity contribution is 6.43. The minimum Gasteiger partial charge on any atom is -0.220 e. The van der Waals surface area contributed by atoms with E-state index in [9.17, 15) is 0 Å². The standard InChI is InChI=1S/C12H9Cl3N6/c1-2-20-18-12(17-19-20)7-6-16-21(11(7)15)9-5-3-4-8(13)10(9)14/h3-6H,2H2,1H3. The number of aromatic nitrogens is 6. The van der Waals surface area contributed by atoms with Crippen molar-refractivity contribution in [1.82, 2.24) is 30.0 Å². The molecule has 3 rings (SSSR count). The van der Waals surface area contributed by atoms with E-state index in [1.165, 1.54) is 9.48 Å². The molecule has 1 aromatic carbocycles. The normalized spacial score (nSPS) is 11.0. The Morgan fingerprint density at radius 1 is 1.19 bits per heavy atom. The van der Waals surface area contributed by atoms with Crippen LogP contribution in [0.2, 0.25) is 15.2 Å². The number of tetrazole rings is 1. The molecule has 0 aliphatic carbocycles. The lowest BCUT2D eigenvalue weighted by atomic mass is 10.3. The second-order valence-corrected chi connectivity index (χ2v) is 5.28. The van der Waals surface area contributed by atoms with E-state index in [1.54, 1.807) is 24.4 Å². The van der Waals surface area contributed by atoms with Crippen LogP contribution in [0.4, 0.5) is 0 Å². The summed E-state index contributed by atoms with van der Waals surface area (Å²) in [5, 5.41) is 17.4. The first-order valence-corrected chi connectivity index (χ1v) is 7.21. The summed E-state index contributed by atoms with van der Waals surface area (Å²) in [4.78, 5) is 1.47. The van der Waals surface area contributed by atoms with Gasteiger partial charge in [0.25, 0.3) is 0 Å². The number of halogens is 3. The lowest BCUT2D eigenvalue weighted by Crippen LogP contribution is -1.98. The molecule has 0 N–H and O–H groups in total. The third-order valence-corrected chi connectivity index (χ3v) is 4.02. The second-order valence-electron chi connectivity index (χ2n) is 4.14. The van der Waals surface area contributed by atoms with E-state index < -0.39 is 0 Å². The average molecular weight is 344 g/mol. The average Bonchev–Trinajstić information content (AvgIpc) is 3.08. The molecule has 0 amide bonds. The van der Waals surface area contributed by atoms with Crippen molar-refractivity contribution < 1.29 is 0 Å². The Labute approximate surface area is 135 Å². The van der Waals surface area contributed by atoms with Crippen LogP contribution < -0.4 is 0 Å². The Balaban J connectivity index is 2.09. The van der Waals surface area contributed by atoms with Crippen molar-refractivity contribution in [2.45, 2.75) is 13.5 Å². The summed E-state index contributed by atoms with van der Waals surface area (Å²) in [5.74, 6) is 0.409. The molecule has 3 aromatic rings. The highest BCUT2D eigenvalue weighted by Crippen LogP contribution is 2.33. The van der Waals surface area contributed by atoms with Crippen LogP contribution >= 0.6 is 34.8 Å². The quantitative estimate of drug-likeness (QED) is 0.730. The topological polar surface area (TPSA) is 61.4 Å². The predicted molar refractivity (Wildman–Crippen MR) is 81.1 cm³/mol. The maximum atomic E-state index is 6.35. The maximum absolute atomic E-state index is 6.35. The first-order valence-electron chi connectivity index (χ1n) is 6.08. The zero-order valence-corrected chi connectivity index (χ0v) is 13.1. The van der Waals surface area contributed by atoms with Gasteiger partial charge in [-0.3, -0.25) is 0 Å². The molecule has 21 heavy (non-hydrogen) atoms. The van der Waals surface area contributed by atoms with Gasteiger partial charge in [0.1, 0.15) is 5.15 Å². The molecule has 0 atom stereocenters. The Morgan fingerprint density at radius 3 is 2.71 bits per heavy atom. The highest BCUT2D eigenvalue weighted by Gasteiger charge is 2.18. The molecule has 0 radical (unpaired) electrons. The predicted octanol–water partition coefficient (Wildman–Crippen LogP) is 3.51. The SMILES string of the molecule is CCn1nnc(-c2cnn(-c3cccc(Cl)c3Cl)c2Cl)n1. The molecule has 9 heteroatoms. The number of benzene rings is 1. The Kier molecular flexibility index (Phi) is 3.84. The van der Waals surface area contributed by atoms with Gasteiger partial charge in [-0.1, -0.05) is 40.9 Å². The van der Waals surface area contributed by atoms with E-state index in [0.717, 1.165) is 0 Å². The summed E-state index contributed by atoms with van der Waals surface area (Å²) >= 11 is 18.5. The van der Waals surface area contributed by atoms with Crippen molar-refractivity contribution in [3.05, 3.63) is 39.6 Å². The van der Waals surface area contributed by atoms with Crippen LogP contribution in [0.3, 0.4) is 0 Å². The molecule has 0 saturated carbocycles. The summed E-state index contributed by atoms with van der Waals surface area (Å²) < 4.78 is 1.48. The number of rotatable bonds is 3. The van der Waals surface area contributed by atoms with Gasteiger partial charge in [0.05, 0.1) is 34.0 Å². The summed E-state index contributed by atoms with van der Waals surface area (Å²) in [6.07, 6.45) is 1.57. The van der Waals surface area contributed by atoms with Crippen LogP contribution in [0.5, 0.6) is 0 Å². The Bertz CT molecular complexity index is 794. The molecule has 0 fully saturated rings. The molecule has 2 heterocycles. The van der Waals surface area contributed by atoms with Gasteiger partial charge in [-0.15, -0.1) is 10.2 Å². The fourth-order valence-corrected chi connectivity index (χ4v) is 2.44. The van der Waals surface area contributed by atoms with Crippen LogP contribution in [-0.4, -0.2) is 30.0 Å². The van der Waals surface area contributed by atoms with Gasteiger partial charge in [-0.05, 0) is 24.3 Å². The number of hydrogen-bond donors (Lipinski definition) is 0. The molecule has 0 spiro atoms. The van der Waals surface area contributed by atoms with E-state index in [1.807, 2.05) is 6.92 Å². The molecule has 6 nitrogen and oxygen atoms in total. The number of hydrogen-bond acceptors (Lipinski definition) is 4. The van der Waals surface area contributed by atoms with Gasteiger partial charge < -0.3 is 0 Å². The van der Waals surface area contributed by atoms with Gasteiger partial charge >= 0.3 is 0 Å². The summed E-state index contributed by atoms with van der Waals surface area (Å²) in [6.45, 7) is 2.54. The van der Waals surface area contributed by atoms with E-state index in [0.29, 0.717) is 38.8 Å². The van der Waals surface area contributed by atoms with Crippen molar-refractivity contribution in [1.29, 1.82) is 0 Å². The molecule has 108 valence electrons. The van der Waals surface area contributed by atoms with Crippen molar-refractivity contribution >= 4 is 34.8 Å². The van der Waals surface area contributed by atoms with Crippen LogP contribution in [0, 0.1) is 0 Å². The first kappa shape index (κ1) is 14.3. The lowest BCUT2D eigenvalue weighted by molar-refractivity contribution is 0.553.